The number of aliphatic imine (C=N–C) groups is 1. The molecule has 1 aliphatic heterocycles. The smallest absolute Gasteiger partial charge is 0.194 e. The van der Waals surface area contributed by atoms with E-state index in [2.05, 4.69) is 47.9 Å². The second-order valence-corrected chi connectivity index (χ2v) is 8.74. The highest BCUT2D eigenvalue weighted by atomic mass is 127. The molecule has 1 fully saturated rings. The summed E-state index contributed by atoms with van der Waals surface area (Å²) in [6.07, 6.45) is 2.97. The fourth-order valence-corrected chi connectivity index (χ4v) is 4.06. The van der Waals surface area contributed by atoms with Crippen molar-refractivity contribution in [1.82, 2.24) is 15.2 Å². The number of halogens is 1. The Balaban J connectivity index is 0.00000242. The zero-order valence-corrected chi connectivity index (χ0v) is 18.0. The predicted octanol–water partition coefficient (Wildman–Crippen LogP) is 3.94. The summed E-state index contributed by atoms with van der Waals surface area (Å²) in [6.45, 7) is 11.2. The van der Waals surface area contributed by atoms with Crippen LogP contribution >= 0.6 is 47.1 Å². The van der Waals surface area contributed by atoms with E-state index in [1.54, 1.807) is 11.3 Å². The van der Waals surface area contributed by atoms with Gasteiger partial charge in [-0.3, -0.25) is 4.99 Å². The van der Waals surface area contributed by atoms with Crippen LogP contribution < -0.4 is 5.32 Å². The molecule has 2 rings (SSSR count). The average Bonchev–Trinajstić information content (AvgIpc) is 2.94. The highest BCUT2D eigenvalue weighted by Crippen LogP contribution is 2.46. The van der Waals surface area contributed by atoms with Crippen LogP contribution in [0.5, 0.6) is 0 Å². The Morgan fingerprint density at radius 1 is 1.45 bits per heavy atom. The molecular weight excluding hydrogens is 427 g/mol. The van der Waals surface area contributed by atoms with Crippen molar-refractivity contribution in [2.45, 2.75) is 44.0 Å². The molecule has 1 saturated heterocycles. The number of nitrogens with zero attached hydrogens (tertiary/aromatic N) is 3. The lowest BCUT2D eigenvalue weighted by Crippen LogP contribution is -2.72. The van der Waals surface area contributed by atoms with Gasteiger partial charge >= 0.3 is 0 Å². The number of aromatic nitrogens is 1. The second-order valence-electron chi connectivity index (χ2n) is 6.50. The fourth-order valence-electron chi connectivity index (χ4n) is 2.41. The summed E-state index contributed by atoms with van der Waals surface area (Å²) >= 11 is 3.54. The van der Waals surface area contributed by atoms with Crippen molar-refractivity contribution in [2.24, 2.45) is 10.4 Å². The van der Waals surface area contributed by atoms with Gasteiger partial charge in [0.25, 0.3) is 0 Å². The molecule has 0 bridgehead atoms. The van der Waals surface area contributed by atoms with E-state index in [0.717, 1.165) is 35.6 Å². The van der Waals surface area contributed by atoms with Gasteiger partial charge in [-0.2, -0.15) is 0 Å². The first-order chi connectivity index (χ1) is 9.88. The van der Waals surface area contributed by atoms with E-state index < -0.39 is 0 Å². The van der Waals surface area contributed by atoms with Crippen molar-refractivity contribution >= 4 is 53.0 Å². The van der Waals surface area contributed by atoms with Crippen LogP contribution in [-0.2, 0) is 0 Å². The Morgan fingerprint density at radius 3 is 2.68 bits per heavy atom. The Kier molecular flexibility index (Phi) is 7.45. The molecule has 0 spiro atoms. The zero-order chi connectivity index (χ0) is 15.5. The van der Waals surface area contributed by atoms with Gasteiger partial charge in [0.2, 0.25) is 0 Å². The first-order valence-electron chi connectivity index (χ1n) is 7.39. The number of thiazole rings is 1. The molecule has 0 saturated carbocycles. The minimum absolute atomic E-state index is 0. The van der Waals surface area contributed by atoms with E-state index in [-0.39, 0.29) is 29.5 Å². The third kappa shape index (κ3) is 4.29. The molecule has 2 heterocycles. The number of likely N-dealkylation sites (tertiary alicyclic amines) is 1. The number of thioether (sulfide) groups is 1. The molecule has 0 radical (unpaired) electrons. The van der Waals surface area contributed by atoms with E-state index in [9.17, 15) is 0 Å². The summed E-state index contributed by atoms with van der Waals surface area (Å²) in [5.41, 5.74) is 0.496. The lowest BCUT2D eigenvalue weighted by molar-refractivity contribution is -0.0666. The number of hydrogen-bond donors (Lipinski definition) is 1. The van der Waals surface area contributed by atoms with Gasteiger partial charge in [0.1, 0.15) is 4.34 Å². The summed E-state index contributed by atoms with van der Waals surface area (Å²) in [5, 5.41) is 5.51. The highest BCUT2D eigenvalue weighted by molar-refractivity contribution is 14.0. The summed E-state index contributed by atoms with van der Waals surface area (Å²) < 4.78 is 1.16. The quantitative estimate of drug-likeness (QED) is 0.241. The number of hydrogen-bond acceptors (Lipinski definition) is 4. The Bertz CT molecular complexity index is 486. The molecular formula is C15H27IN4S2. The molecule has 4 nitrogen and oxygen atoms in total. The molecule has 0 aromatic carbocycles. The van der Waals surface area contributed by atoms with E-state index in [0.29, 0.717) is 5.41 Å². The number of guanidine groups is 1. The summed E-state index contributed by atoms with van der Waals surface area (Å²) in [7, 11) is 1.87. The maximum Gasteiger partial charge on any atom is 0.194 e. The molecule has 0 unspecified atom stereocenters. The first kappa shape index (κ1) is 20.0. The number of rotatable bonds is 5. The van der Waals surface area contributed by atoms with Gasteiger partial charge in [0.05, 0.1) is 0 Å². The van der Waals surface area contributed by atoms with Crippen molar-refractivity contribution < 1.29 is 0 Å². The van der Waals surface area contributed by atoms with Crippen LogP contribution in [0.3, 0.4) is 0 Å². The van der Waals surface area contributed by atoms with Crippen molar-refractivity contribution in [1.29, 1.82) is 0 Å². The molecule has 22 heavy (non-hydrogen) atoms. The van der Waals surface area contributed by atoms with Crippen LogP contribution in [0, 0.1) is 5.41 Å². The zero-order valence-electron chi connectivity index (χ0n) is 14.0. The third-order valence-corrected chi connectivity index (χ3v) is 6.64. The molecule has 1 aromatic heterocycles. The maximum atomic E-state index is 4.43. The van der Waals surface area contributed by atoms with Crippen molar-refractivity contribution in [2.75, 3.05) is 25.9 Å². The van der Waals surface area contributed by atoms with Crippen molar-refractivity contribution in [3.05, 3.63) is 11.6 Å². The van der Waals surface area contributed by atoms with Gasteiger partial charge in [-0.05, 0) is 20.3 Å². The molecule has 0 atom stereocenters. The molecule has 126 valence electrons. The molecule has 1 N–H and O–H groups in total. The van der Waals surface area contributed by atoms with Crippen LogP contribution in [0.2, 0.25) is 0 Å². The minimum atomic E-state index is 0. The minimum Gasteiger partial charge on any atom is -0.356 e. The van der Waals surface area contributed by atoms with Gasteiger partial charge < -0.3 is 10.2 Å². The first-order valence-corrected chi connectivity index (χ1v) is 9.25. The summed E-state index contributed by atoms with van der Waals surface area (Å²) in [5.74, 6) is 2.12. The Morgan fingerprint density at radius 2 is 2.18 bits per heavy atom. The highest BCUT2D eigenvalue weighted by Gasteiger charge is 2.53. The van der Waals surface area contributed by atoms with Gasteiger partial charge in [-0.15, -0.1) is 35.3 Å². The molecule has 0 amide bonds. The fraction of sp³-hybridized carbons (Fsp3) is 0.733. The Hall–Kier alpha value is -0.0200. The number of nitrogens with one attached hydrogen (secondary N) is 1. The largest absolute Gasteiger partial charge is 0.356 e. The summed E-state index contributed by atoms with van der Waals surface area (Å²) in [4.78, 5) is 11.1. The Labute approximate surface area is 159 Å². The lowest BCUT2D eigenvalue weighted by atomic mass is 9.65. The third-order valence-electron chi connectivity index (χ3n) is 4.59. The average molecular weight is 454 g/mol. The van der Waals surface area contributed by atoms with E-state index in [4.69, 9.17) is 0 Å². The molecule has 1 aromatic rings. The molecule has 7 heteroatoms. The van der Waals surface area contributed by atoms with Crippen LogP contribution in [0.15, 0.2) is 20.9 Å². The lowest BCUT2D eigenvalue weighted by Gasteiger charge is -2.62. The molecule has 1 aliphatic rings. The van der Waals surface area contributed by atoms with E-state index in [1.165, 1.54) is 0 Å². The predicted molar refractivity (Wildman–Crippen MR) is 109 cm³/mol. The second kappa shape index (κ2) is 8.19. The molecule has 0 aliphatic carbocycles. The normalized spacial score (nSPS) is 19.3. The maximum absolute atomic E-state index is 4.43. The SMILES string of the molecule is CN=C(NCCCSc1nccs1)N1CC(C)(C)C1(C)C.I. The van der Waals surface area contributed by atoms with Crippen LogP contribution in [0.25, 0.3) is 0 Å². The van der Waals surface area contributed by atoms with Gasteiger partial charge in [-0.1, -0.05) is 25.6 Å². The van der Waals surface area contributed by atoms with Crippen molar-refractivity contribution in [3.63, 3.8) is 0 Å². The van der Waals surface area contributed by atoms with Gasteiger partial charge in [-0.25, -0.2) is 4.98 Å². The van der Waals surface area contributed by atoms with Gasteiger partial charge in [0.15, 0.2) is 5.96 Å². The van der Waals surface area contributed by atoms with Crippen molar-refractivity contribution in [3.8, 4) is 0 Å². The van der Waals surface area contributed by atoms with E-state index >= 15 is 0 Å². The summed E-state index contributed by atoms with van der Waals surface area (Å²) in [6, 6.07) is 0. The van der Waals surface area contributed by atoms with Gasteiger partial charge in [0, 0.05) is 48.4 Å². The van der Waals surface area contributed by atoms with Crippen LogP contribution in [-0.4, -0.2) is 47.3 Å². The van der Waals surface area contributed by atoms with Crippen LogP contribution in [0.1, 0.15) is 34.1 Å². The standard InChI is InChI=1S/C15H26N4S2.HI/c1-14(2)11-19(15(14,3)4)12(16-5)17-7-6-9-20-13-18-8-10-21-13;/h8,10H,6-7,9,11H2,1-5H3,(H,16,17);1H. The monoisotopic (exact) mass is 454 g/mol. The van der Waals surface area contributed by atoms with Crippen LogP contribution in [0.4, 0.5) is 0 Å². The topological polar surface area (TPSA) is 40.5 Å². The van der Waals surface area contributed by atoms with E-state index in [1.807, 2.05) is 30.4 Å².